The number of rotatable bonds is 5. The van der Waals surface area contributed by atoms with Crippen LogP contribution in [-0.4, -0.2) is 18.0 Å². The number of aromatic nitrogens is 1. The van der Waals surface area contributed by atoms with E-state index in [4.69, 9.17) is 9.47 Å². The topological polar surface area (TPSA) is 40.5 Å². The van der Waals surface area contributed by atoms with Gasteiger partial charge in [0.15, 0.2) is 17.8 Å². The first-order valence-electron chi connectivity index (χ1n) is 8.17. The molecule has 0 saturated carbocycles. The molecule has 4 rings (SSSR count). The maximum absolute atomic E-state index is 11.8. The lowest BCUT2D eigenvalue weighted by Gasteiger charge is -2.13. The Labute approximate surface area is 140 Å². The van der Waals surface area contributed by atoms with Crippen molar-refractivity contribution in [1.29, 1.82) is 0 Å². The molecule has 0 atom stereocenters. The minimum atomic E-state index is 0.440. The van der Waals surface area contributed by atoms with E-state index in [9.17, 15) is 4.79 Å². The van der Waals surface area contributed by atoms with E-state index in [1.165, 1.54) is 0 Å². The molecule has 2 heterocycles. The summed E-state index contributed by atoms with van der Waals surface area (Å²) in [6.45, 7) is 1.39. The molecule has 1 aliphatic rings. The fourth-order valence-electron chi connectivity index (χ4n) is 3.56. The Bertz CT molecular complexity index is 896. The van der Waals surface area contributed by atoms with Crippen LogP contribution in [0, 0.1) is 0 Å². The van der Waals surface area contributed by atoms with Gasteiger partial charge in [-0.2, -0.15) is 0 Å². The maximum Gasteiger partial charge on any atom is 0.171 e. The Hall–Kier alpha value is -2.75. The van der Waals surface area contributed by atoms with Crippen LogP contribution in [0.1, 0.15) is 28.0 Å². The second kappa shape index (κ2) is 6.04. The highest BCUT2D eigenvalue weighted by molar-refractivity contribution is 6.04. The van der Waals surface area contributed by atoms with Gasteiger partial charge in [-0.05, 0) is 30.5 Å². The van der Waals surface area contributed by atoms with Gasteiger partial charge in [0, 0.05) is 17.8 Å². The summed E-state index contributed by atoms with van der Waals surface area (Å²) in [4.78, 5) is 11.8. The van der Waals surface area contributed by atoms with Gasteiger partial charge < -0.3 is 14.0 Å². The van der Waals surface area contributed by atoms with Gasteiger partial charge in [-0.15, -0.1) is 0 Å². The van der Waals surface area contributed by atoms with Crippen molar-refractivity contribution in [3.05, 3.63) is 59.3 Å². The largest absolute Gasteiger partial charge is 0.493 e. The Balaban J connectivity index is 1.84. The standard InChI is InChI=1S/C20H19NO3/c1-23-18-10-9-17-19(15(12-22)16-8-5-11-21(16)17)20(18)24-13-14-6-3-2-4-7-14/h2-4,6-7,9-10,12H,5,8,11,13H2,1H3. The van der Waals surface area contributed by atoms with Crippen LogP contribution in [0.15, 0.2) is 42.5 Å². The molecule has 1 aromatic heterocycles. The van der Waals surface area contributed by atoms with Gasteiger partial charge in [-0.1, -0.05) is 30.3 Å². The SMILES string of the molecule is COc1ccc2c(c(C=O)c3n2CCC3)c1OCc1ccccc1. The normalized spacial score (nSPS) is 13.0. The van der Waals surface area contributed by atoms with Crippen molar-refractivity contribution in [2.45, 2.75) is 26.0 Å². The number of nitrogens with zero attached hydrogens (tertiary/aromatic N) is 1. The highest BCUT2D eigenvalue weighted by atomic mass is 16.5. The Kier molecular flexibility index (Phi) is 3.73. The molecule has 0 amide bonds. The van der Waals surface area contributed by atoms with Crippen molar-refractivity contribution in [3.8, 4) is 11.5 Å². The number of hydrogen-bond acceptors (Lipinski definition) is 3. The molecule has 24 heavy (non-hydrogen) atoms. The van der Waals surface area contributed by atoms with E-state index < -0.39 is 0 Å². The van der Waals surface area contributed by atoms with Crippen LogP contribution in [0.25, 0.3) is 10.9 Å². The van der Waals surface area contributed by atoms with Crippen LogP contribution in [0.4, 0.5) is 0 Å². The number of aryl methyl sites for hydroxylation is 1. The van der Waals surface area contributed by atoms with Gasteiger partial charge in [-0.3, -0.25) is 4.79 Å². The van der Waals surface area contributed by atoms with E-state index >= 15 is 0 Å². The van der Waals surface area contributed by atoms with E-state index in [0.29, 0.717) is 18.1 Å². The molecule has 0 bridgehead atoms. The van der Waals surface area contributed by atoms with Gasteiger partial charge in [0.05, 0.1) is 18.0 Å². The summed E-state index contributed by atoms with van der Waals surface area (Å²) in [5.74, 6) is 1.31. The van der Waals surface area contributed by atoms with Crippen LogP contribution in [0.2, 0.25) is 0 Å². The second-order valence-electron chi connectivity index (χ2n) is 6.00. The highest BCUT2D eigenvalue weighted by Crippen LogP contribution is 2.42. The molecular weight excluding hydrogens is 302 g/mol. The minimum Gasteiger partial charge on any atom is -0.493 e. The lowest BCUT2D eigenvalue weighted by molar-refractivity contribution is 0.112. The lowest BCUT2D eigenvalue weighted by atomic mass is 10.1. The zero-order chi connectivity index (χ0) is 16.5. The summed E-state index contributed by atoms with van der Waals surface area (Å²) < 4.78 is 13.8. The highest BCUT2D eigenvalue weighted by Gasteiger charge is 2.25. The van der Waals surface area contributed by atoms with Crippen molar-refractivity contribution >= 4 is 17.2 Å². The molecule has 0 fully saturated rings. The molecular formula is C20H19NO3. The lowest BCUT2D eigenvalue weighted by Crippen LogP contribution is -1.99. The number of fused-ring (bicyclic) bond motifs is 3. The summed E-state index contributed by atoms with van der Waals surface area (Å²) in [6.07, 6.45) is 2.97. The predicted molar refractivity (Wildman–Crippen MR) is 93.0 cm³/mol. The van der Waals surface area contributed by atoms with Crippen LogP contribution < -0.4 is 9.47 Å². The molecule has 0 saturated heterocycles. The molecule has 0 spiro atoms. The molecule has 1 aliphatic heterocycles. The zero-order valence-electron chi connectivity index (χ0n) is 13.6. The first-order valence-corrected chi connectivity index (χ1v) is 8.17. The molecule has 2 aromatic carbocycles. The Morgan fingerprint density at radius 2 is 2.00 bits per heavy atom. The maximum atomic E-state index is 11.8. The number of aldehydes is 1. The number of methoxy groups -OCH3 is 1. The second-order valence-corrected chi connectivity index (χ2v) is 6.00. The van der Waals surface area contributed by atoms with Crippen LogP contribution >= 0.6 is 0 Å². The Morgan fingerprint density at radius 1 is 1.17 bits per heavy atom. The van der Waals surface area contributed by atoms with Gasteiger partial charge in [-0.25, -0.2) is 0 Å². The van der Waals surface area contributed by atoms with Gasteiger partial charge in [0.25, 0.3) is 0 Å². The van der Waals surface area contributed by atoms with Crippen molar-refractivity contribution < 1.29 is 14.3 Å². The fourth-order valence-corrected chi connectivity index (χ4v) is 3.56. The van der Waals surface area contributed by atoms with Gasteiger partial charge in [0.2, 0.25) is 0 Å². The summed E-state index contributed by atoms with van der Waals surface area (Å²) in [5.41, 5.74) is 3.98. The van der Waals surface area contributed by atoms with Gasteiger partial charge in [0.1, 0.15) is 6.61 Å². The summed E-state index contributed by atoms with van der Waals surface area (Å²) >= 11 is 0. The molecule has 0 aliphatic carbocycles. The molecule has 3 aromatic rings. The van der Waals surface area contributed by atoms with Crippen molar-refractivity contribution in [1.82, 2.24) is 4.57 Å². The molecule has 122 valence electrons. The number of benzene rings is 2. The van der Waals surface area contributed by atoms with E-state index in [1.807, 2.05) is 42.5 Å². The third-order valence-corrected chi connectivity index (χ3v) is 4.66. The average Bonchev–Trinajstić information content (AvgIpc) is 3.21. The van der Waals surface area contributed by atoms with Crippen molar-refractivity contribution in [2.75, 3.05) is 7.11 Å². The quantitative estimate of drug-likeness (QED) is 0.667. The first kappa shape index (κ1) is 14.8. The molecule has 0 N–H and O–H groups in total. The third-order valence-electron chi connectivity index (χ3n) is 4.66. The molecule has 4 heteroatoms. The fraction of sp³-hybridized carbons (Fsp3) is 0.250. The van der Waals surface area contributed by atoms with Gasteiger partial charge >= 0.3 is 0 Å². The average molecular weight is 321 g/mol. The van der Waals surface area contributed by atoms with E-state index in [0.717, 1.165) is 53.4 Å². The van der Waals surface area contributed by atoms with Crippen LogP contribution in [0.3, 0.4) is 0 Å². The first-order chi connectivity index (χ1) is 11.8. The summed E-state index contributed by atoms with van der Waals surface area (Å²) in [7, 11) is 1.63. The number of ether oxygens (including phenoxy) is 2. The smallest absolute Gasteiger partial charge is 0.171 e. The van der Waals surface area contributed by atoms with E-state index in [1.54, 1.807) is 7.11 Å². The number of hydrogen-bond donors (Lipinski definition) is 0. The monoisotopic (exact) mass is 321 g/mol. The van der Waals surface area contributed by atoms with Crippen LogP contribution in [-0.2, 0) is 19.6 Å². The van der Waals surface area contributed by atoms with Crippen LogP contribution in [0.5, 0.6) is 11.5 Å². The summed E-state index contributed by atoms with van der Waals surface area (Å²) in [5, 5.41) is 0.870. The predicted octanol–water partition coefficient (Wildman–Crippen LogP) is 3.99. The molecule has 4 nitrogen and oxygen atoms in total. The molecule has 0 unspecified atom stereocenters. The zero-order valence-corrected chi connectivity index (χ0v) is 13.6. The number of carbonyl (C=O) groups excluding carboxylic acids is 1. The molecule has 0 radical (unpaired) electrons. The van der Waals surface area contributed by atoms with E-state index in [-0.39, 0.29) is 0 Å². The minimum absolute atomic E-state index is 0.440. The van der Waals surface area contributed by atoms with E-state index in [2.05, 4.69) is 4.57 Å². The summed E-state index contributed by atoms with van der Waals surface area (Å²) in [6, 6.07) is 13.9. The van der Waals surface area contributed by atoms with Crippen molar-refractivity contribution in [2.24, 2.45) is 0 Å². The van der Waals surface area contributed by atoms with Crippen molar-refractivity contribution in [3.63, 3.8) is 0 Å². The third kappa shape index (κ3) is 2.26. The number of carbonyl (C=O) groups is 1. The Morgan fingerprint density at radius 3 is 2.75 bits per heavy atom.